The van der Waals surface area contributed by atoms with E-state index in [4.69, 9.17) is 9.47 Å². The summed E-state index contributed by atoms with van der Waals surface area (Å²) in [6.07, 6.45) is 2.09. The highest BCUT2D eigenvalue weighted by Crippen LogP contribution is 2.24. The van der Waals surface area contributed by atoms with Crippen molar-refractivity contribution in [3.8, 4) is 0 Å². The summed E-state index contributed by atoms with van der Waals surface area (Å²) in [5.41, 5.74) is -0.533. The first-order valence-corrected chi connectivity index (χ1v) is 10.2. The monoisotopic (exact) mass is 396 g/mol. The van der Waals surface area contributed by atoms with E-state index in [0.29, 0.717) is 24.6 Å². The van der Waals surface area contributed by atoms with Gasteiger partial charge in [0.15, 0.2) is 5.13 Å². The standard InChI is InChI=1S/C18H28N4O4S/c1-18(2,3)26-17(24)22-5-4-13(11-22)15(23)20-16-19-10-14(27-16)12-21-6-8-25-9-7-21/h10,13H,4-9,11-12H2,1-3H3,(H,19,20,23). The van der Waals surface area contributed by atoms with Crippen molar-refractivity contribution in [2.45, 2.75) is 39.3 Å². The number of amides is 2. The zero-order valence-corrected chi connectivity index (χ0v) is 17.0. The van der Waals surface area contributed by atoms with E-state index in [2.05, 4.69) is 15.2 Å². The maximum Gasteiger partial charge on any atom is 0.410 e. The summed E-state index contributed by atoms with van der Waals surface area (Å²) >= 11 is 1.50. The number of nitrogens with one attached hydrogen (secondary N) is 1. The van der Waals surface area contributed by atoms with Crippen molar-refractivity contribution in [3.63, 3.8) is 0 Å². The van der Waals surface area contributed by atoms with Crippen LogP contribution in [0, 0.1) is 5.92 Å². The van der Waals surface area contributed by atoms with Crippen LogP contribution in [0.1, 0.15) is 32.1 Å². The molecule has 3 rings (SSSR count). The molecule has 3 heterocycles. The lowest BCUT2D eigenvalue weighted by molar-refractivity contribution is -0.119. The van der Waals surface area contributed by atoms with Crippen molar-refractivity contribution in [1.29, 1.82) is 0 Å². The van der Waals surface area contributed by atoms with Gasteiger partial charge in [-0.1, -0.05) is 0 Å². The number of aromatic nitrogens is 1. The smallest absolute Gasteiger partial charge is 0.410 e. The van der Waals surface area contributed by atoms with E-state index in [1.807, 2.05) is 27.0 Å². The average Bonchev–Trinajstić information content (AvgIpc) is 3.24. The molecule has 2 amide bonds. The van der Waals surface area contributed by atoms with Gasteiger partial charge in [-0.15, -0.1) is 11.3 Å². The predicted octanol–water partition coefficient (Wildman–Crippen LogP) is 2.17. The molecule has 1 aromatic rings. The third-order valence-corrected chi connectivity index (χ3v) is 5.38. The van der Waals surface area contributed by atoms with E-state index in [9.17, 15) is 9.59 Å². The van der Waals surface area contributed by atoms with E-state index >= 15 is 0 Å². The molecule has 2 aliphatic rings. The molecule has 150 valence electrons. The molecule has 2 fully saturated rings. The Balaban J connectivity index is 1.47. The van der Waals surface area contributed by atoms with Crippen LogP contribution in [0.2, 0.25) is 0 Å². The highest BCUT2D eigenvalue weighted by atomic mass is 32.1. The van der Waals surface area contributed by atoms with Crippen molar-refractivity contribution in [3.05, 3.63) is 11.1 Å². The van der Waals surface area contributed by atoms with Gasteiger partial charge in [0.05, 0.1) is 19.1 Å². The Kier molecular flexibility index (Phi) is 6.33. The van der Waals surface area contributed by atoms with Crippen LogP contribution < -0.4 is 5.32 Å². The van der Waals surface area contributed by atoms with Gasteiger partial charge in [-0.25, -0.2) is 9.78 Å². The molecule has 0 spiro atoms. The molecule has 2 aliphatic heterocycles. The van der Waals surface area contributed by atoms with E-state index < -0.39 is 5.60 Å². The summed E-state index contributed by atoms with van der Waals surface area (Å²) in [5, 5.41) is 3.51. The Morgan fingerprint density at radius 1 is 1.33 bits per heavy atom. The molecule has 2 saturated heterocycles. The third kappa shape index (κ3) is 5.88. The molecule has 27 heavy (non-hydrogen) atoms. The van der Waals surface area contributed by atoms with Crippen LogP contribution in [0.5, 0.6) is 0 Å². The molecule has 1 N–H and O–H groups in total. The topological polar surface area (TPSA) is 84.0 Å². The Labute approximate surface area is 163 Å². The summed E-state index contributed by atoms with van der Waals surface area (Å²) in [6, 6.07) is 0. The van der Waals surface area contributed by atoms with Crippen molar-refractivity contribution in [2.24, 2.45) is 5.92 Å². The number of rotatable bonds is 4. The van der Waals surface area contributed by atoms with Crippen LogP contribution in [0.3, 0.4) is 0 Å². The normalized spacial score (nSPS) is 21.3. The highest BCUT2D eigenvalue weighted by molar-refractivity contribution is 7.15. The minimum atomic E-state index is -0.533. The number of likely N-dealkylation sites (tertiary alicyclic amines) is 1. The zero-order chi connectivity index (χ0) is 19.4. The fourth-order valence-electron chi connectivity index (χ4n) is 3.09. The second-order valence-corrected chi connectivity index (χ2v) is 9.04. The first-order valence-electron chi connectivity index (χ1n) is 9.34. The van der Waals surface area contributed by atoms with Crippen molar-refractivity contribution in [1.82, 2.24) is 14.8 Å². The molecule has 1 aromatic heterocycles. The van der Waals surface area contributed by atoms with Crippen molar-refractivity contribution >= 4 is 28.5 Å². The second kappa shape index (κ2) is 8.53. The van der Waals surface area contributed by atoms with E-state index in [-0.39, 0.29) is 17.9 Å². The Morgan fingerprint density at radius 2 is 2.07 bits per heavy atom. The first kappa shape index (κ1) is 20.0. The molecule has 9 heteroatoms. The fraction of sp³-hybridized carbons (Fsp3) is 0.722. The number of thiazole rings is 1. The number of hydrogen-bond donors (Lipinski definition) is 1. The van der Waals surface area contributed by atoms with E-state index in [1.165, 1.54) is 11.3 Å². The maximum atomic E-state index is 12.5. The van der Waals surface area contributed by atoms with Gasteiger partial charge in [-0.3, -0.25) is 9.69 Å². The van der Waals surface area contributed by atoms with Gasteiger partial charge in [0.1, 0.15) is 5.60 Å². The van der Waals surface area contributed by atoms with Gasteiger partial charge >= 0.3 is 6.09 Å². The minimum Gasteiger partial charge on any atom is -0.444 e. The first-order chi connectivity index (χ1) is 12.8. The Bertz CT molecular complexity index is 667. The number of morpholine rings is 1. The van der Waals surface area contributed by atoms with Gasteiger partial charge in [0, 0.05) is 43.8 Å². The van der Waals surface area contributed by atoms with Gasteiger partial charge < -0.3 is 19.7 Å². The van der Waals surface area contributed by atoms with Crippen LogP contribution >= 0.6 is 11.3 Å². The predicted molar refractivity (Wildman–Crippen MR) is 103 cm³/mol. The summed E-state index contributed by atoms with van der Waals surface area (Å²) in [7, 11) is 0. The van der Waals surface area contributed by atoms with Crippen LogP contribution in [0.15, 0.2) is 6.20 Å². The Morgan fingerprint density at radius 3 is 2.78 bits per heavy atom. The summed E-state index contributed by atoms with van der Waals surface area (Å²) in [6.45, 7) is 10.6. The number of ether oxygens (including phenoxy) is 2. The minimum absolute atomic E-state index is 0.0895. The van der Waals surface area contributed by atoms with E-state index in [0.717, 1.165) is 37.7 Å². The van der Waals surface area contributed by atoms with Crippen molar-refractivity contribution < 1.29 is 19.1 Å². The largest absolute Gasteiger partial charge is 0.444 e. The van der Waals surface area contributed by atoms with Gasteiger partial charge in [-0.05, 0) is 27.2 Å². The van der Waals surface area contributed by atoms with E-state index in [1.54, 1.807) is 4.90 Å². The quantitative estimate of drug-likeness (QED) is 0.840. The maximum absolute atomic E-state index is 12.5. The average molecular weight is 397 g/mol. The van der Waals surface area contributed by atoms with Crippen LogP contribution in [-0.2, 0) is 20.8 Å². The highest BCUT2D eigenvalue weighted by Gasteiger charge is 2.33. The molecule has 0 saturated carbocycles. The lowest BCUT2D eigenvalue weighted by atomic mass is 10.1. The summed E-state index contributed by atoms with van der Waals surface area (Å²) in [4.78, 5) is 34.0. The molecule has 0 bridgehead atoms. The number of carbonyl (C=O) groups excluding carboxylic acids is 2. The number of hydrogen-bond acceptors (Lipinski definition) is 7. The summed E-state index contributed by atoms with van der Waals surface area (Å²) < 4.78 is 10.7. The second-order valence-electron chi connectivity index (χ2n) is 7.92. The molecule has 0 radical (unpaired) electrons. The zero-order valence-electron chi connectivity index (χ0n) is 16.2. The van der Waals surface area contributed by atoms with Crippen molar-refractivity contribution in [2.75, 3.05) is 44.7 Å². The molecule has 1 atom stereocenters. The van der Waals surface area contributed by atoms with Crippen LogP contribution in [-0.4, -0.2) is 71.8 Å². The molecule has 1 unspecified atom stereocenters. The number of carbonyl (C=O) groups is 2. The lowest BCUT2D eigenvalue weighted by Crippen LogP contribution is -2.36. The molecule has 0 aliphatic carbocycles. The summed E-state index contributed by atoms with van der Waals surface area (Å²) in [5.74, 6) is -0.322. The van der Waals surface area contributed by atoms with Gasteiger partial charge in [0.25, 0.3) is 0 Å². The lowest BCUT2D eigenvalue weighted by Gasteiger charge is -2.25. The fourth-order valence-corrected chi connectivity index (χ4v) is 3.95. The van der Waals surface area contributed by atoms with Gasteiger partial charge in [0.2, 0.25) is 5.91 Å². The molecular weight excluding hydrogens is 368 g/mol. The van der Waals surface area contributed by atoms with Crippen LogP contribution in [0.4, 0.5) is 9.93 Å². The Hall–Kier alpha value is -1.71. The molecule has 8 nitrogen and oxygen atoms in total. The van der Waals surface area contributed by atoms with Crippen LogP contribution in [0.25, 0.3) is 0 Å². The number of anilines is 1. The SMILES string of the molecule is CC(C)(C)OC(=O)N1CCC(C(=O)Nc2ncc(CN3CCOCC3)s2)C1. The number of nitrogens with zero attached hydrogens (tertiary/aromatic N) is 3. The van der Waals surface area contributed by atoms with Gasteiger partial charge in [-0.2, -0.15) is 0 Å². The third-order valence-electron chi connectivity index (χ3n) is 4.48. The molecular formula is C18H28N4O4S. The molecule has 0 aromatic carbocycles.